The third kappa shape index (κ3) is 2.85. The molecule has 106 valence electrons. The summed E-state index contributed by atoms with van der Waals surface area (Å²) in [5.41, 5.74) is 0. The molecular formula is C11H23N3O3S. The van der Waals surface area contributed by atoms with Gasteiger partial charge in [0.2, 0.25) is 0 Å². The number of morpholine rings is 1. The number of nitrogens with one attached hydrogen (secondary N) is 1. The van der Waals surface area contributed by atoms with Gasteiger partial charge >= 0.3 is 0 Å². The molecule has 0 aromatic carbocycles. The number of ether oxygens (including phenoxy) is 1. The molecule has 0 radical (unpaired) electrons. The average Bonchev–Trinajstić information content (AvgIpc) is 2.79. The van der Waals surface area contributed by atoms with Crippen LogP contribution in [-0.4, -0.2) is 68.5 Å². The molecule has 0 saturated carbocycles. The van der Waals surface area contributed by atoms with E-state index in [2.05, 4.69) is 5.32 Å². The molecule has 3 atom stereocenters. The lowest BCUT2D eigenvalue weighted by molar-refractivity contribution is -0.0455. The molecule has 0 aliphatic carbocycles. The highest BCUT2D eigenvalue weighted by Gasteiger charge is 2.37. The van der Waals surface area contributed by atoms with Crippen LogP contribution in [0.15, 0.2) is 0 Å². The molecule has 0 amide bonds. The lowest BCUT2D eigenvalue weighted by Crippen LogP contribution is -2.54. The van der Waals surface area contributed by atoms with Crippen molar-refractivity contribution in [3.8, 4) is 0 Å². The minimum absolute atomic E-state index is 0.0429. The van der Waals surface area contributed by atoms with E-state index in [-0.39, 0.29) is 18.2 Å². The zero-order valence-electron chi connectivity index (χ0n) is 11.3. The molecule has 7 heteroatoms. The fraction of sp³-hybridized carbons (Fsp3) is 1.00. The smallest absolute Gasteiger partial charge is 0.282 e. The van der Waals surface area contributed by atoms with E-state index in [1.807, 2.05) is 13.8 Å². The molecule has 1 N–H and O–H groups in total. The third-order valence-electron chi connectivity index (χ3n) is 3.62. The highest BCUT2D eigenvalue weighted by atomic mass is 32.2. The molecule has 6 nitrogen and oxygen atoms in total. The Morgan fingerprint density at radius 3 is 2.39 bits per heavy atom. The number of hydrogen-bond donors (Lipinski definition) is 1. The largest absolute Gasteiger partial charge is 0.373 e. The Hall–Kier alpha value is -0.210. The van der Waals surface area contributed by atoms with Crippen molar-refractivity contribution < 1.29 is 13.2 Å². The normalized spacial score (nSPS) is 35.2. The Morgan fingerprint density at radius 2 is 1.89 bits per heavy atom. The summed E-state index contributed by atoms with van der Waals surface area (Å²) in [6.07, 6.45) is 0.794. The van der Waals surface area contributed by atoms with Crippen molar-refractivity contribution in [2.75, 3.05) is 33.2 Å². The van der Waals surface area contributed by atoms with Crippen LogP contribution in [0.3, 0.4) is 0 Å². The predicted octanol–water partition coefficient (Wildman–Crippen LogP) is -0.366. The van der Waals surface area contributed by atoms with Crippen molar-refractivity contribution in [1.82, 2.24) is 13.9 Å². The zero-order chi connectivity index (χ0) is 13.3. The van der Waals surface area contributed by atoms with Crippen LogP contribution in [-0.2, 0) is 14.9 Å². The van der Waals surface area contributed by atoms with Gasteiger partial charge in [0.15, 0.2) is 0 Å². The lowest BCUT2D eigenvalue weighted by Gasteiger charge is -2.37. The summed E-state index contributed by atoms with van der Waals surface area (Å²) in [7, 11) is -1.69. The van der Waals surface area contributed by atoms with Gasteiger partial charge in [0.05, 0.1) is 12.2 Å². The maximum Gasteiger partial charge on any atom is 0.282 e. The van der Waals surface area contributed by atoms with Crippen LogP contribution in [0.25, 0.3) is 0 Å². The number of rotatable bonds is 3. The topological polar surface area (TPSA) is 61.9 Å². The van der Waals surface area contributed by atoms with E-state index in [1.165, 1.54) is 4.31 Å². The van der Waals surface area contributed by atoms with Gasteiger partial charge in [-0.15, -0.1) is 0 Å². The van der Waals surface area contributed by atoms with E-state index < -0.39 is 10.2 Å². The molecule has 2 aliphatic rings. The fourth-order valence-electron chi connectivity index (χ4n) is 2.64. The highest BCUT2D eigenvalue weighted by molar-refractivity contribution is 7.86. The molecule has 2 rings (SSSR count). The van der Waals surface area contributed by atoms with Crippen molar-refractivity contribution in [2.45, 2.75) is 38.5 Å². The Morgan fingerprint density at radius 1 is 1.28 bits per heavy atom. The first kappa shape index (κ1) is 14.2. The first-order valence-electron chi connectivity index (χ1n) is 6.50. The van der Waals surface area contributed by atoms with Gasteiger partial charge in [-0.05, 0) is 26.8 Å². The standard InChI is InChI=1S/C11H23N3O3S/c1-9-7-14(8-10(2)17-9)18(15,16)13(3)11-4-5-12-6-11/h9-12H,4-8H2,1-3H3. The molecule has 2 saturated heterocycles. The quantitative estimate of drug-likeness (QED) is 0.765. The molecule has 0 aromatic rings. The Kier molecular flexibility index (Phi) is 4.28. The first-order chi connectivity index (χ1) is 8.41. The van der Waals surface area contributed by atoms with Crippen LogP contribution >= 0.6 is 0 Å². The van der Waals surface area contributed by atoms with E-state index >= 15 is 0 Å². The Balaban J connectivity index is 2.09. The summed E-state index contributed by atoms with van der Waals surface area (Å²) in [4.78, 5) is 0. The van der Waals surface area contributed by atoms with E-state index in [1.54, 1.807) is 11.4 Å². The van der Waals surface area contributed by atoms with Gasteiger partial charge in [0, 0.05) is 32.7 Å². The van der Waals surface area contributed by atoms with E-state index in [4.69, 9.17) is 4.74 Å². The van der Waals surface area contributed by atoms with Crippen molar-refractivity contribution >= 4 is 10.2 Å². The molecular weight excluding hydrogens is 254 g/mol. The van der Waals surface area contributed by atoms with Crippen molar-refractivity contribution in [1.29, 1.82) is 0 Å². The molecule has 0 aromatic heterocycles. The SMILES string of the molecule is CC1CN(S(=O)(=O)N(C)C2CCNC2)CC(C)O1. The maximum absolute atomic E-state index is 12.5. The van der Waals surface area contributed by atoms with Gasteiger partial charge in [-0.2, -0.15) is 17.0 Å². The summed E-state index contributed by atoms with van der Waals surface area (Å²) in [5, 5.41) is 3.20. The Labute approximate surface area is 109 Å². The first-order valence-corrected chi connectivity index (χ1v) is 7.90. The van der Waals surface area contributed by atoms with Crippen molar-refractivity contribution in [2.24, 2.45) is 0 Å². The van der Waals surface area contributed by atoms with Crippen molar-refractivity contribution in [3.63, 3.8) is 0 Å². The minimum atomic E-state index is -3.36. The van der Waals surface area contributed by atoms with Gasteiger partial charge in [-0.3, -0.25) is 0 Å². The van der Waals surface area contributed by atoms with E-state index in [0.29, 0.717) is 13.1 Å². The lowest BCUT2D eigenvalue weighted by atomic mass is 10.3. The highest BCUT2D eigenvalue weighted by Crippen LogP contribution is 2.19. The van der Waals surface area contributed by atoms with Crippen LogP contribution in [0.5, 0.6) is 0 Å². The second-order valence-electron chi connectivity index (χ2n) is 5.24. The van der Waals surface area contributed by atoms with E-state index in [0.717, 1.165) is 19.5 Å². The average molecular weight is 277 g/mol. The maximum atomic E-state index is 12.5. The predicted molar refractivity (Wildman–Crippen MR) is 69.5 cm³/mol. The van der Waals surface area contributed by atoms with Crippen molar-refractivity contribution in [3.05, 3.63) is 0 Å². The van der Waals surface area contributed by atoms with Crippen LogP contribution in [0.1, 0.15) is 20.3 Å². The second-order valence-corrected chi connectivity index (χ2v) is 7.23. The van der Waals surface area contributed by atoms with Gasteiger partial charge in [0.1, 0.15) is 0 Å². The summed E-state index contributed by atoms with van der Waals surface area (Å²) < 4.78 is 33.7. The number of hydrogen-bond acceptors (Lipinski definition) is 4. The summed E-state index contributed by atoms with van der Waals surface area (Å²) >= 11 is 0. The molecule has 18 heavy (non-hydrogen) atoms. The molecule has 2 fully saturated rings. The van der Waals surface area contributed by atoms with Crippen LogP contribution in [0, 0.1) is 0 Å². The molecule has 2 aliphatic heterocycles. The van der Waals surface area contributed by atoms with Crippen LogP contribution in [0.2, 0.25) is 0 Å². The van der Waals surface area contributed by atoms with Crippen LogP contribution < -0.4 is 5.32 Å². The minimum Gasteiger partial charge on any atom is -0.373 e. The molecule has 0 bridgehead atoms. The zero-order valence-corrected chi connectivity index (χ0v) is 12.1. The monoisotopic (exact) mass is 277 g/mol. The summed E-state index contributed by atoms with van der Waals surface area (Å²) in [6.45, 7) is 6.34. The van der Waals surface area contributed by atoms with E-state index in [9.17, 15) is 8.42 Å². The van der Waals surface area contributed by atoms with Gasteiger partial charge in [-0.25, -0.2) is 0 Å². The van der Waals surface area contributed by atoms with Gasteiger partial charge in [0.25, 0.3) is 10.2 Å². The molecule has 3 unspecified atom stereocenters. The number of likely N-dealkylation sites (N-methyl/N-ethyl adjacent to an activating group) is 1. The fourth-order valence-corrected chi connectivity index (χ4v) is 4.36. The van der Waals surface area contributed by atoms with Crippen LogP contribution in [0.4, 0.5) is 0 Å². The third-order valence-corrected chi connectivity index (χ3v) is 5.60. The molecule has 0 spiro atoms. The number of nitrogens with zero attached hydrogens (tertiary/aromatic N) is 2. The summed E-state index contributed by atoms with van der Waals surface area (Å²) in [6, 6.07) is 0.0726. The summed E-state index contributed by atoms with van der Waals surface area (Å²) in [5.74, 6) is 0. The Bertz CT molecular complexity index is 371. The van der Waals surface area contributed by atoms with Gasteiger partial charge < -0.3 is 10.1 Å². The molecule has 2 heterocycles. The second kappa shape index (κ2) is 5.42. The van der Waals surface area contributed by atoms with Gasteiger partial charge in [-0.1, -0.05) is 0 Å².